The number of thiophene rings is 1. The first-order valence-electron chi connectivity index (χ1n) is 8.15. The first-order chi connectivity index (χ1) is 11.8. The third kappa shape index (κ3) is 2.54. The fourth-order valence-corrected chi connectivity index (χ4v) is 4.33. The van der Waals surface area contributed by atoms with Crippen molar-refractivity contribution in [3.63, 3.8) is 0 Å². The number of fused-ring (bicyclic) bond motifs is 3. The molecule has 0 radical (unpaired) electrons. The molecule has 0 saturated heterocycles. The van der Waals surface area contributed by atoms with Gasteiger partial charge in [-0.1, -0.05) is 60.2 Å². The van der Waals surface area contributed by atoms with Crippen LogP contribution in [0.4, 0.5) is 0 Å². The van der Waals surface area contributed by atoms with Crippen LogP contribution in [0.25, 0.3) is 25.7 Å². The van der Waals surface area contributed by atoms with Crippen molar-refractivity contribution < 1.29 is 0 Å². The van der Waals surface area contributed by atoms with Gasteiger partial charge in [-0.3, -0.25) is 0 Å². The number of rotatable bonds is 3. The van der Waals surface area contributed by atoms with E-state index in [2.05, 4.69) is 79.7 Å². The van der Waals surface area contributed by atoms with E-state index in [1.807, 2.05) is 11.3 Å². The van der Waals surface area contributed by atoms with E-state index < -0.39 is 0 Å². The molecule has 3 aromatic carbocycles. The molecule has 1 heterocycles. The zero-order chi connectivity index (χ0) is 16.5. The summed E-state index contributed by atoms with van der Waals surface area (Å²) in [6, 6.07) is 25.9. The predicted molar refractivity (Wildman–Crippen MR) is 107 cm³/mol. The summed E-state index contributed by atoms with van der Waals surface area (Å²) in [6.07, 6.45) is 0. The quantitative estimate of drug-likeness (QED) is 0.502. The molecular weight excluding hydrogens is 310 g/mol. The Bertz CT molecular complexity index is 1040. The van der Waals surface area contributed by atoms with Crippen LogP contribution < -0.4 is 5.73 Å². The van der Waals surface area contributed by atoms with Crippen molar-refractivity contribution in [1.29, 1.82) is 0 Å². The molecule has 4 rings (SSSR count). The minimum Gasteiger partial charge on any atom is -0.327 e. The minimum absolute atomic E-state index is 0.562. The van der Waals surface area contributed by atoms with Crippen LogP contribution in [0.5, 0.6) is 0 Å². The van der Waals surface area contributed by atoms with Gasteiger partial charge in [0.2, 0.25) is 0 Å². The zero-order valence-electron chi connectivity index (χ0n) is 13.6. The Balaban J connectivity index is 1.98. The van der Waals surface area contributed by atoms with Gasteiger partial charge in [-0.2, -0.15) is 0 Å². The van der Waals surface area contributed by atoms with Gasteiger partial charge in [0, 0.05) is 26.7 Å². The van der Waals surface area contributed by atoms with Gasteiger partial charge in [0.15, 0.2) is 0 Å². The molecule has 0 fully saturated rings. The Hall–Kier alpha value is -2.42. The average molecular weight is 329 g/mol. The van der Waals surface area contributed by atoms with Crippen molar-refractivity contribution in [1.82, 2.24) is 0 Å². The molecule has 0 saturated carbocycles. The molecule has 118 valence electrons. The third-order valence-electron chi connectivity index (χ3n) is 4.46. The Kier molecular flexibility index (Phi) is 3.93. The molecule has 0 spiro atoms. The van der Waals surface area contributed by atoms with E-state index in [1.54, 1.807) is 0 Å². The van der Waals surface area contributed by atoms with Crippen LogP contribution in [0.1, 0.15) is 18.1 Å². The van der Waals surface area contributed by atoms with Crippen LogP contribution in [-0.2, 0) is 0 Å². The predicted octanol–water partition coefficient (Wildman–Crippen LogP) is 5.84. The first kappa shape index (κ1) is 15.1. The Morgan fingerprint density at radius 2 is 1.50 bits per heavy atom. The van der Waals surface area contributed by atoms with Gasteiger partial charge in [-0.25, -0.2) is 0 Å². The molecule has 0 aliphatic rings. The summed E-state index contributed by atoms with van der Waals surface area (Å²) in [5, 5.41) is 2.66. The number of benzene rings is 3. The SMILES string of the molecule is CC(CN)=C(c1ccccc1)c1ccc2sc3ccccc3c2c1. The van der Waals surface area contributed by atoms with Gasteiger partial charge in [0.1, 0.15) is 0 Å². The topological polar surface area (TPSA) is 26.0 Å². The number of hydrogen-bond acceptors (Lipinski definition) is 2. The molecule has 2 N–H and O–H groups in total. The van der Waals surface area contributed by atoms with Gasteiger partial charge in [-0.05, 0) is 41.8 Å². The van der Waals surface area contributed by atoms with Gasteiger partial charge < -0.3 is 5.73 Å². The Morgan fingerprint density at radius 3 is 2.29 bits per heavy atom. The van der Waals surface area contributed by atoms with Gasteiger partial charge in [0.25, 0.3) is 0 Å². The molecule has 1 aromatic heterocycles. The maximum Gasteiger partial charge on any atom is 0.0355 e. The Morgan fingerprint density at radius 1 is 0.792 bits per heavy atom. The smallest absolute Gasteiger partial charge is 0.0355 e. The maximum absolute atomic E-state index is 5.97. The van der Waals surface area contributed by atoms with Crippen LogP contribution in [-0.4, -0.2) is 6.54 Å². The normalized spacial score (nSPS) is 12.6. The van der Waals surface area contributed by atoms with Crippen molar-refractivity contribution in [2.75, 3.05) is 6.54 Å². The van der Waals surface area contributed by atoms with Gasteiger partial charge in [-0.15, -0.1) is 11.3 Å². The summed E-state index contributed by atoms with van der Waals surface area (Å²) in [6.45, 7) is 2.69. The van der Waals surface area contributed by atoms with E-state index in [4.69, 9.17) is 5.73 Å². The molecule has 0 bridgehead atoms. The second kappa shape index (κ2) is 6.23. The lowest BCUT2D eigenvalue weighted by atomic mass is 9.92. The van der Waals surface area contributed by atoms with E-state index in [0.717, 1.165) is 0 Å². The summed E-state index contributed by atoms with van der Waals surface area (Å²) < 4.78 is 2.67. The Labute approximate surface area is 146 Å². The lowest BCUT2D eigenvalue weighted by molar-refractivity contribution is 1.14. The fourth-order valence-electron chi connectivity index (χ4n) is 3.25. The zero-order valence-corrected chi connectivity index (χ0v) is 14.4. The van der Waals surface area contributed by atoms with Gasteiger partial charge in [0.05, 0.1) is 0 Å². The van der Waals surface area contributed by atoms with Crippen LogP contribution in [0.2, 0.25) is 0 Å². The second-order valence-electron chi connectivity index (χ2n) is 6.03. The minimum atomic E-state index is 0.562. The second-order valence-corrected chi connectivity index (χ2v) is 7.12. The van der Waals surface area contributed by atoms with Gasteiger partial charge >= 0.3 is 0 Å². The molecule has 0 unspecified atom stereocenters. The summed E-state index contributed by atoms with van der Waals surface area (Å²) in [4.78, 5) is 0. The molecule has 1 nitrogen and oxygen atoms in total. The molecule has 0 aliphatic heterocycles. The lowest BCUT2D eigenvalue weighted by Gasteiger charge is -2.13. The molecule has 0 amide bonds. The maximum atomic E-state index is 5.97. The largest absolute Gasteiger partial charge is 0.327 e. The van der Waals surface area contributed by atoms with E-state index in [9.17, 15) is 0 Å². The highest BCUT2D eigenvalue weighted by Crippen LogP contribution is 2.36. The summed E-state index contributed by atoms with van der Waals surface area (Å²) >= 11 is 1.85. The highest BCUT2D eigenvalue weighted by molar-refractivity contribution is 7.25. The molecule has 4 aromatic rings. The fraction of sp³-hybridized carbons (Fsp3) is 0.0909. The summed E-state index contributed by atoms with van der Waals surface area (Å²) in [5.74, 6) is 0. The van der Waals surface area contributed by atoms with Crippen LogP contribution in [0.3, 0.4) is 0 Å². The molecule has 2 heteroatoms. The van der Waals surface area contributed by atoms with E-state index in [1.165, 1.54) is 42.4 Å². The van der Waals surface area contributed by atoms with Crippen LogP contribution in [0.15, 0.2) is 78.4 Å². The first-order valence-corrected chi connectivity index (χ1v) is 8.96. The lowest BCUT2D eigenvalue weighted by Crippen LogP contribution is -2.04. The van der Waals surface area contributed by atoms with Crippen molar-refractivity contribution in [3.8, 4) is 0 Å². The summed E-state index contributed by atoms with van der Waals surface area (Å²) in [5.41, 5.74) is 10.9. The highest BCUT2D eigenvalue weighted by atomic mass is 32.1. The van der Waals surface area contributed by atoms with Crippen LogP contribution in [0, 0.1) is 0 Å². The van der Waals surface area contributed by atoms with Crippen molar-refractivity contribution in [3.05, 3.63) is 89.5 Å². The van der Waals surface area contributed by atoms with Crippen molar-refractivity contribution in [2.24, 2.45) is 5.73 Å². The number of nitrogens with two attached hydrogens (primary N) is 1. The highest BCUT2D eigenvalue weighted by Gasteiger charge is 2.11. The standard InChI is InChI=1S/C22H19NS/c1-15(14-23)22(16-7-3-2-4-8-16)17-11-12-21-19(13-17)18-9-5-6-10-20(18)24-21/h2-13H,14,23H2,1H3. The molecular formula is C22H19NS. The monoisotopic (exact) mass is 329 g/mol. The van der Waals surface area contributed by atoms with Crippen molar-refractivity contribution in [2.45, 2.75) is 6.92 Å². The third-order valence-corrected chi connectivity index (χ3v) is 5.61. The summed E-state index contributed by atoms with van der Waals surface area (Å²) in [7, 11) is 0. The van der Waals surface area contributed by atoms with E-state index in [0.29, 0.717) is 6.54 Å². The van der Waals surface area contributed by atoms with Crippen LogP contribution >= 0.6 is 11.3 Å². The van der Waals surface area contributed by atoms with E-state index >= 15 is 0 Å². The average Bonchev–Trinajstić information content (AvgIpc) is 3.01. The van der Waals surface area contributed by atoms with E-state index in [-0.39, 0.29) is 0 Å². The van der Waals surface area contributed by atoms with Crippen molar-refractivity contribution >= 4 is 37.1 Å². The number of hydrogen-bond donors (Lipinski definition) is 1. The molecule has 24 heavy (non-hydrogen) atoms. The molecule has 0 aliphatic carbocycles. The molecule has 0 atom stereocenters.